The van der Waals surface area contributed by atoms with Crippen molar-refractivity contribution < 1.29 is 0 Å². The minimum atomic E-state index is 0.774. The summed E-state index contributed by atoms with van der Waals surface area (Å²) in [5, 5.41) is 0. The van der Waals surface area contributed by atoms with Crippen molar-refractivity contribution in [1.82, 2.24) is 0 Å². The van der Waals surface area contributed by atoms with Crippen LogP contribution < -0.4 is 0 Å². The minimum absolute atomic E-state index is 0.774. The Morgan fingerprint density at radius 1 is 0.938 bits per heavy atom. The molecule has 0 bridgehead atoms. The molecule has 1 radical (unpaired) electrons. The summed E-state index contributed by atoms with van der Waals surface area (Å²) in [5.74, 6) is 0.774. The molecule has 0 N–H and O–H groups in total. The summed E-state index contributed by atoms with van der Waals surface area (Å²) < 4.78 is 0. The summed E-state index contributed by atoms with van der Waals surface area (Å²) in [6.07, 6.45) is 9.48. The lowest BCUT2D eigenvalue weighted by molar-refractivity contribution is 0.521. The lowest BCUT2D eigenvalue weighted by atomic mass is 9.89. The topological polar surface area (TPSA) is 0 Å². The highest BCUT2D eigenvalue weighted by atomic mass is 14.1. The molecule has 89 valence electrons. The fourth-order valence-electron chi connectivity index (χ4n) is 2.32. The van der Waals surface area contributed by atoms with Gasteiger partial charge in [-0.25, -0.2) is 0 Å². The Morgan fingerprint density at radius 2 is 1.69 bits per heavy atom. The third-order valence-electron chi connectivity index (χ3n) is 3.26. The second kappa shape index (κ2) is 8.38. The van der Waals surface area contributed by atoms with Crippen molar-refractivity contribution in [3.05, 3.63) is 35.9 Å². The van der Waals surface area contributed by atoms with Crippen molar-refractivity contribution in [2.75, 3.05) is 0 Å². The molecule has 0 heteroatoms. The van der Waals surface area contributed by atoms with E-state index < -0.39 is 0 Å². The van der Waals surface area contributed by atoms with Gasteiger partial charge in [-0.3, -0.25) is 0 Å². The molecular weight excluding hydrogens is 192 g/mol. The first kappa shape index (κ1) is 13.3. The number of hydrogen-bond acceptors (Lipinski definition) is 0. The highest BCUT2D eigenvalue weighted by Gasteiger charge is 2.09. The predicted molar refractivity (Wildman–Crippen MR) is 71.7 cm³/mol. The largest absolute Gasteiger partial charge is 0.0654 e. The van der Waals surface area contributed by atoms with E-state index in [0.717, 1.165) is 5.92 Å². The molecule has 0 aliphatic rings. The van der Waals surface area contributed by atoms with E-state index in [2.05, 4.69) is 32.0 Å². The lowest BCUT2D eigenvalue weighted by Crippen LogP contribution is -1.98. The van der Waals surface area contributed by atoms with Gasteiger partial charge in [0.05, 0.1) is 0 Å². The van der Waals surface area contributed by atoms with Gasteiger partial charge in [-0.1, -0.05) is 70.2 Å². The quantitative estimate of drug-likeness (QED) is 0.515. The minimum Gasteiger partial charge on any atom is -0.0654 e. The van der Waals surface area contributed by atoms with Gasteiger partial charge in [0, 0.05) is 0 Å². The van der Waals surface area contributed by atoms with Crippen LogP contribution in [-0.2, 0) is 0 Å². The fraction of sp³-hybridized carbons (Fsp3) is 0.625. The molecule has 0 amide bonds. The van der Waals surface area contributed by atoms with Crippen LogP contribution >= 0.6 is 0 Å². The Balaban J connectivity index is 2.41. The van der Waals surface area contributed by atoms with Crippen LogP contribution in [0, 0.1) is 6.07 Å². The van der Waals surface area contributed by atoms with Gasteiger partial charge >= 0.3 is 0 Å². The van der Waals surface area contributed by atoms with Crippen LogP contribution in [0.3, 0.4) is 0 Å². The number of unbranched alkanes of at least 4 members (excludes halogenated alkanes) is 3. The zero-order chi connectivity index (χ0) is 11.6. The molecule has 0 aliphatic heterocycles. The molecule has 0 spiro atoms. The van der Waals surface area contributed by atoms with Gasteiger partial charge in [0.2, 0.25) is 0 Å². The van der Waals surface area contributed by atoms with Crippen molar-refractivity contribution in [2.24, 2.45) is 0 Å². The fourth-order valence-corrected chi connectivity index (χ4v) is 2.32. The molecule has 1 unspecified atom stereocenters. The highest BCUT2D eigenvalue weighted by molar-refractivity contribution is 5.18. The molecule has 0 fully saturated rings. The summed E-state index contributed by atoms with van der Waals surface area (Å²) in [7, 11) is 0. The average Bonchev–Trinajstić information content (AvgIpc) is 2.34. The first-order valence-electron chi connectivity index (χ1n) is 6.84. The average molecular weight is 217 g/mol. The molecule has 1 atom stereocenters. The Hall–Kier alpha value is -0.780. The summed E-state index contributed by atoms with van der Waals surface area (Å²) in [5.41, 5.74) is 1.51. The lowest BCUT2D eigenvalue weighted by Gasteiger charge is -2.16. The van der Waals surface area contributed by atoms with Crippen molar-refractivity contribution in [3.8, 4) is 0 Å². The van der Waals surface area contributed by atoms with Crippen LogP contribution in [0.25, 0.3) is 0 Å². The highest BCUT2D eigenvalue weighted by Crippen LogP contribution is 2.26. The SMILES string of the molecule is CCCCCCC(CCC)c1cc[c]cc1. The monoisotopic (exact) mass is 217 g/mol. The van der Waals surface area contributed by atoms with E-state index in [1.807, 2.05) is 12.1 Å². The van der Waals surface area contributed by atoms with Gasteiger partial charge in [0.1, 0.15) is 0 Å². The molecule has 0 nitrogen and oxygen atoms in total. The molecule has 0 aliphatic carbocycles. The maximum atomic E-state index is 3.11. The first-order chi connectivity index (χ1) is 7.88. The zero-order valence-electron chi connectivity index (χ0n) is 10.8. The Labute approximate surface area is 101 Å². The van der Waals surface area contributed by atoms with Crippen molar-refractivity contribution in [1.29, 1.82) is 0 Å². The van der Waals surface area contributed by atoms with Gasteiger partial charge < -0.3 is 0 Å². The third kappa shape index (κ3) is 4.83. The maximum Gasteiger partial charge on any atom is -0.0162 e. The molecule has 1 aromatic rings. The molecule has 0 heterocycles. The Kier molecular flexibility index (Phi) is 6.96. The van der Waals surface area contributed by atoms with E-state index in [-0.39, 0.29) is 0 Å². The standard InChI is InChI=1S/C16H25/c1-3-5-6-8-12-15(11-4-2)16-13-9-7-10-14-16/h9-10,13-15H,3-6,8,11-12H2,1-2H3. The predicted octanol–water partition coefficient (Wildman–Crippen LogP) is 5.34. The Morgan fingerprint density at radius 3 is 2.31 bits per heavy atom. The van der Waals surface area contributed by atoms with Crippen LogP contribution in [0.2, 0.25) is 0 Å². The van der Waals surface area contributed by atoms with E-state index in [1.54, 1.807) is 0 Å². The normalized spacial score (nSPS) is 12.6. The molecule has 1 aromatic carbocycles. The first-order valence-corrected chi connectivity index (χ1v) is 6.84. The molecule has 0 aromatic heterocycles. The smallest absolute Gasteiger partial charge is 0.0162 e. The van der Waals surface area contributed by atoms with Crippen LogP contribution in [0.15, 0.2) is 24.3 Å². The van der Waals surface area contributed by atoms with Crippen LogP contribution in [0.1, 0.15) is 70.3 Å². The molecular formula is C16H25. The van der Waals surface area contributed by atoms with E-state index in [9.17, 15) is 0 Å². The third-order valence-corrected chi connectivity index (χ3v) is 3.26. The summed E-state index contributed by atoms with van der Waals surface area (Å²) >= 11 is 0. The van der Waals surface area contributed by atoms with Crippen molar-refractivity contribution >= 4 is 0 Å². The van der Waals surface area contributed by atoms with Gasteiger partial charge in [0.25, 0.3) is 0 Å². The van der Waals surface area contributed by atoms with Crippen molar-refractivity contribution in [2.45, 2.75) is 64.7 Å². The summed E-state index contributed by atoms with van der Waals surface area (Å²) in [4.78, 5) is 0. The zero-order valence-corrected chi connectivity index (χ0v) is 10.8. The summed E-state index contributed by atoms with van der Waals surface area (Å²) in [6, 6.07) is 11.7. The van der Waals surface area contributed by atoms with Crippen LogP contribution in [0.4, 0.5) is 0 Å². The maximum absolute atomic E-state index is 3.11. The molecule has 0 saturated heterocycles. The van der Waals surface area contributed by atoms with Gasteiger partial charge in [-0.15, -0.1) is 0 Å². The Bertz CT molecular complexity index is 250. The summed E-state index contributed by atoms with van der Waals surface area (Å²) in [6.45, 7) is 4.56. The molecule has 16 heavy (non-hydrogen) atoms. The van der Waals surface area contributed by atoms with Crippen molar-refractivity contribution in [3.63, 3.8) is 0 Å². The molecule has 1 rings (SSSR count). The van der Waals surface area contributed by atoms with Gasteiger partial charge in [-0.2, -0.15) is 0 Å². The van der Waals surface area contributed by atoms with E-state index in [4.69, 9.17) is 0 Å². The second-order valence-electron chi connectivity index (χ2n) is 4.67. The van der Waals surface area contributed by atoms with Gasteiger partial charge in [-0.05, 0) is 30.4 Å². The van der Waals surface area contributed by atoms with E-state index in [0.29, 0.717) is 0 Å². The number of benzene rings is 1. The van der Waals surface area contributed by atoms with E-state index in [1.165, 1.54) is 50.5 Å². The number of rotatable bonds is 8. The second-order valence-corrected chi connectivity index (χ2v) is 4.67. The number of hydrogen-bond donors (Lipinski definition) is 0. The van der Waals surface area contributed by atoms with Crippen LogP contribution in [0.5, 0.6) is 0 Å². The van der Waals surface area contributed by atoms with Gasteiger partial charge in [0.15, 0.2) is 0 Å². The van der Waals surface area contributed by atoms with E-state index >= 15 is 0 Å². The molecule has 0 saturated carbocycles. The van der Waals surface area contributed by atoms with Crippen LogP contribution in [-0.4, -0.2) is 0 Å².